The molecule has 0 radical (unpaired) electrons. The summed E-state index contributed by atoms with van der Waals surface area (Å²) in [5.74, 6) is -0.0138. The van der Waals surface area contributed by atoms with Crippen LogP contribution in [-0.4, -0.2) is 30.9 Å². The van der Waals surface area contributed by atoms with Crippen molar-refractivity contribution in [2.45, 2.75) is 32.7 Å². The van der Waals surface area contributed by atoms with Crippen molar-refractivity contribution in [3.8, 4) is 0 Å². The Balaban J connectivity index is 0.00000400. The third kappa shape index (κ3) is 6.93. The molecule has 0 aromatic carbocycles. The minimum atomic E-state index is -0.458. The minimum Gasteiger partial charge on any atom is -0.355 e. The summed E-state index contributed by atoms with van der Waals surface area (Å²) in [4.78, 5) is 24.0. The highest BCUT2D eigenvalue weighted by Gasteiger charge is 2.18. The molecule has 0 fully saturated rings. The van der Waals surface area contributed by atoms with Crippen molar-refractivity contribution in [1.29, 1.82) is 0 Å². The van der Waals surface area contributed by atoms with E-state index in [4.69, 9.17) is 5.73 Å². The highest BCUT2D eigenvalue weighted by atomic mass is 35.5. The number of nitrogens with one attached hydrogen (secondary N) is 2. The highest BCUT2D eigenvalue weighted by molar-refractivity contribution is 7.12. The Morgan fingerprint density at radius 2 is 2.00 bits per heavy atom. The van der Waals surface area contributed by atoms with Crippen LogP contribution in [0.4, 0.5) is 0 Å². The second kappa shape index (κ2) is 10.6. The van der Waals surface area contributed by atoms with Gasteiger partial charge in [0, 0.05) is 13.1 Å². The molecule has 1 heterocycles. The first-order valence-corrected chi connectivity index (χ1v) is 7.79. The first-order chi connectivity index (χ1) is 9.56. The van der Waals surface area contributed by atoms with Gasteiger partial charge in [0.25, 0.3) is 5.91 Å². The number of carbonyl (C=O) groups is 2. The van der Waals surface area contributed by atoms with E-state index < -0.39 is 6.04 Å². The van der Waals surface area contributed by atoms with Crippen LogP contribution in [0.15, 0.2) is 17.5 Å². The van der Waals surface area contributed by atoms with Gasteiger partial charge in [0.1, 0.15) is 0 Å². The van der Waals surface area contributed by atoms with Gasteiger partial charge in [-0.25, -0.2) is 0 Å². The maximum atomic E-state index is 11.7. The summed E-state index contributed by atoms with van der Waals surface area (Å²) in [5, 5.41) is 7.47. The fraction of sp³-hybridized carbons (Fsp3) is 0.571. The van der Waals surface area contributed by atoms with Crippen LogP contribution >= 0.6 is 23.7 Å². The van der Waals surface area contributed by atoms with Gasteiger partial charge in [0.2, 0.25) is 5.91 Å². The van der Waals surface area contributed by atoms with Crippen LogP contribution in [-0.2, 0) is 4.79 Å². The van der Waals surface area contributed by atoms with Crippen LogP contribution in [0.2, 0.25) is 0 Å². The minimum absolute atomic E-state index is 0. The Morgan fingerprint density at radius 3 is 2.57 bits per heavy atom. The van der Waals surface area contributed by atoms with Crippen molar-refractivity contribution in [3.63, 3.8) is 0 Å². The Hall–Kier alpha value is -1.11. The SMILES string of the molecule is CCC(C)C(N)C(=O)NCCCNC(=O)c1cccs1.Cl. The molecule has 1 rings (SSSR count). The summed E-state index contributed by atoms with van der Waals surface area (Å²) in [5.41, 5.74) is 5.82. The number of carbonyl (C=O) groups excluding carboxylic acids is 2. The smallest absolute Gasteiger partial charge is 0.261 e. The summed E-state index contributed by atoms with van der Waals surface area (Å²) < 4.78 is 0. The molecule has 0 saturated heterocycles. The molecule has 0 aliphatic carbocycles. The number of rotatable bonds is 8. The lowest BCUT2D eigenvalue weighted by atomic mass is 9.99. The second-order valence-electron chi connectivity index (χ2n) is 4.79. The normalized spacial score (nSPS) is 12.9. The molecular weight excluding hydrogens is 310 g/mol. The molecule has 0 saturated carbocycles. The number of thiophene rings is 1. The zero-order valence-corrected chi connectivity index (χ0v) is 14.1. The van der Waals surface area contributed by atoms with Crippen LogP contribution in [0, 0.1) is 5.92 Å². The summed E-state index contributed by atoms with van der Waals surface area (Å²) >= 11 is 1.41. The van der Waals surface area contributed by atoms with Crippen LogP contribution in [0.3, 0.4) is 0 Å². The summed E-state index contributed by atoms with van der Waals surface area (Å²) in [7, 11) is 0. The van der Waals surface area contributed by atoms with Gasteiger partial charge in [-0.05, 0) is 23.8 Å². The van der Waals surface area contributed by atoms with Crippen molar-refractivity contribution in [3.05, 3.63) is 22.4 Å². The van der Waals surface area contributed by atoms with Gasteiger partial charge < -0.3 is 16.4 Å². The first-order valence-electron chi connectivity index (χ1n) is 6.91. The first kappa shape index (κ1) is 19.9. The lowest BCUT2D eigenvalue weighted by molar-refractivity contribution is -0.123. The third-order valence-corrected chi connectivity index (χ3v) is 4.11. The number of amides is 2. The lowest BCUT2D eigenvalue weighted by Crippen LogP contribution is -2.45. The van der Waals surface area contributed by atoms with Crippen molar-refractivity contribution in [2.75, 3.05) is 13.1 Å². The lowest BCUT2D eigenvalue weighted by Gasteiger charge is -2.17. The molecule has 0 aliphatic rings. The van der Waals surface area contributed by atoms with E-state index in [2.05, 4.69) is 10.6 Å². The number of nitrogens with two attached hydrogens (primary N) is 1. The van der Waals surface area contributed by atoms with Gasteiger partial charge in [0.05, 0.1) is 10.9 Å². The molecule has 2 amide bonds. The summed E-state index contributed by atoms with van der Waals surface area (Å²) in [6.45, 7) is 5.03. The van der Waals surface area contributed by atoms with Crippen molar-refractivity contribution in [2.24, 2.45) is 11.7 Å². The molecule has 1 aromatic rings. The molecule has 4 N–H and O–H groups in total. The molecular formula is C14H24ClN3O2S. The van der Waals surface area contributed by atoms with E-state index in [-0.39, 0.29) is 30.1 Å². The fourth-order valence-corrected chi connectivity index (χ4v) is 2.27. The van der Waals surface area contributed by atoms with Crippen LogP contribution < -0.4 is 16.4 Å². The Bertz CT molecular complexity index is 426. The van der Waals surface area contributed by atoms with E-state index >= 15 is 0 Å². The van der Waals surface area contributed by atoms with E-state index in [0.717, 1.165) is 6.42 Å². The largest absolute Gasteiger partial charge is 0.355 e. The van der Waals surface area contributed by atoms with Crippen LogP contribution in [0.5, 0.6) is 0 Å². The van der Waals surface area contributed by atoms with E-state index in [1.807, 2.05) is 25.3 Å². The standard InChI is InChI=1S/C14H23N3O2S.ClH/c1-3-10(2)12(15)14(19)17-8-5-7-16-13(18)11-6-4-9-20-11;/h4,6,9-10,12H,3,5,7-8,15H2,1-2H3,(H,16,18)(H,17,19);1H. The number of hydrogen-bond acceptors (Lipinski definition) is 4. The van der Waals surface area contributed by atoms with Gasteiger partial charge in [-0.2, -0.15) is 0 Å². The Kier molecular flexibility index (Phi) is 10.0. The number of hydrogen-bond donors (Lipinski definition) is 3. The Morgan fingerprint density at radius 1 is 1.33 bits per heavy atom. The molecule has 5 nitrogen and oxygen atoms in total. The monoisotopic (exact) mass is 333 g/mol. The van der Waals surface area contributed by atoms with Crippen molar-refractivity contribution < 1.29 is 9.59 Å². The predicted octanol–water partition coefficient (Wildman–Crippen LogP) is 1.78. The maximum absolute atomic E-state index is 11.7. The van der Waals surface area contributed by atoms with E-state index in [1.54, 1.807) is 6.07 Å². The van der Waals surface area contributed by atoms with E-state index in [1.165, 1.54) is 11.3 Å². The molecule has 0 bridgehead atoms. The van der Waals surface area contributed by atoms with Gasteiger partial charge in [-0.15, -0.1) is 23.7 Å². The molecule has 120 valence electrons. The molecule has 0 aliphatic heterocycles. The summed E-state index contributed by atoms with van der Waals surface area (Å²) in [6, 6.07) is 3.17. The second-order valence-corrected chi connectivity index (χ2v) is 5.74. The maximum Gasteiger partial charge on any atom is 0.261 e. The van der Waals surface area contributed by atoms with Crippen LogP contribution in [0.1, 0.15) is 36.4 Å². The summed E-state index contributed by atoms with van der Waals surface area (Å²) in [6.07, 6.45) is 1.57. The fourth-order valence-electron chi connectivity index (χ4n) is 1.63. The third-order valence-electron chi connectivity index (χ3n) is 3.24. The average Bonchev–Trinajstić information content (AvgIpc) is 2.99. The van der Waals surface area contributed by atoms with Gasteiger partial charge in [-0.3, -0.25) is 9.59 Å². The molecule has 2 atom stereocenters. The molecule has 7 heteroatoms. The quantitative estimate of drug-likeness (QED) is 0.634. The Labute approximate surface area is 136 Å². The molecule has 0 spiro atoms. The average molecular weight is 334 g/mol. The van der Waals surface area contributed by atoms with Crippen molar-refractivity contribution >= 4 is 35.6 Å². The van der Waals surface area contributed by atoms with Gasteiger partial charge >= 0.3 is 0 Å². The van der Waals surface area contributed by atoms with E-state index in [9.17, 15) is 9.59 Å². The van der Waals surface area contributed by atoms with Gasteiger partial charge in [0.15, 0.2) is 0 Å². The predicted molar refractivity (Wildman–Crippen MR) is 89.0 cm³/mol. The number of halogens is 1. The zero-order valence-electron chi connectivity index (χ0n) is 12.4. The zero-order chi connectivity index (χ0) is 15.0. The van der Waals surface area contributed by atoms with Gasteiger partial charge in [-0.1, -0.05) is 26.3 Å². The molecule has 1 aromatic heterocycles. The highest BCUT2D eigenvalue weighted by Crippen LogP contribution is 2.07. The van der Waals surface area contributed by atoms with E-state index in [0.29, 0.717) is 24.4 Å². The molecule has 2 unspecified atom stereocenters. The molecule has 21 heavy (non-hydrogen) atoms. The van der Waals surface area contributed by atoms with Crippen LogP contribution in [0.25, 0.3) is 0 Å². The topological polar surface area (TPSA) is 84.2 Å². The van der Waals surface area contributed by atoms with Crippen molar-refractivity contribution in [1.82, 2.24) is 10.6 Å².